The average Bonchev–Trinajstić information content (AvgIpc) is 3.64. The molecule has 1 aromatic rings. The van der Waals surface area contributed by atoms with Gasteiger partial charge in [-0.25, -0.2) is 4.98 Å². The second-order valence-electron chi connectivity index (χ2n) is 13.2. The number of anilines is 1. The van der Waals surface area contributed by atoms with E-state index < -0.39 is 18.3 Å². The van der Waals surface area contributed by atoms with Crippen LogP contribution in [0.1, 0.15) is 98.2 Å². The smallest absolute Gasteiger partial charge is 0.399 e. The van der Waals surface area contributed by atoms with E-state index in [1.165, 1.54) is 0 Å². The van der Waals surface area contributed by atoms with Gasteiger partial charge in [-0.3, -0.25) is 4.79 Å². The molecule has 0 spiro atoms. The lowest BCUT2D eigenvalue weighted by atomic mass is 9.76. The van der Waals surface area contributed by atoms with Gasteiger partial charge in [0.25, 0.3) is 0 Å². The number of amides is 1. The highest BCUT2D eigenvalue weighted by molar-refractivity contribution is 6.62. The van der Waals surface area contributed by atoms with Crippen molar-refractivity contribution < 1.29 is 24.3 Å². The molecule has 1 aromatic heterocycles. The van der Waals surface area contributed by atoms with Crippen molar-refractivity contribution in [1.29, 1.82) is 5.26 Å². The van der Waals surface area contributed by atoms with Crippen molar-refractivity contribution in [3.05, 3.63) is 17.3 Å². The van der Waals surface area contributed by atoms with Crippen LogP contribution in [0.15, 0.2) is 6.07 Å². The summed E-state index contributed by atoms with van der Waals surface area (Å²) < 4.78 is 12.6. The number of aromatic nitrogens is 1. The topological polar surface area (TPSA) is 119 Å². The highest BCUT2D eigenvalue weighted by Gasteiger charge is 2.53. The largest absolute Gasteiger partial charge is 0.496 e. The van der Waals surface area contributed by atoms with Crippen molar-refractivity contribution in [2.24, 2.45) is 5.41 Å². The third-order valence-electron chi connectivity index (χ3n) is 8.09. The Balaban J connectivity index is 0.000000532. The molecule has 9 nitrogen and oxygen atoms in total. The van der Waals surface area contributed by atoms with E-state index in [-0.39, 0.29) is 25.0 Å². The van der Waals surface area contributed by atoms with Crippen molar-refractivity contribution >= 4 is 24.3 Å². The number of nitriles is 1. The van der Waals surface area contributed by atoms with Crippen LogP contribution >= 0.6 is 0 Å². The molecular weight excluding hydrogens is 495 g/mol. The van der Waals surface area contributed by atoms with Gasteiger partial charge in [0.05, 0.1) is 23.4 Å². The van der Waals surface area contributed by atoms with Crippen molar-refractivity contribution in [2.45, 2.75) is 104 Å². The molecule has 0 aromatic carbocycles. The number of pyridine rings is 1. The first kappa shape index (κ1) is 31.3. The lowest BCUT2D eigenvalue weighted by Gasteiger charge is -2.41. The minimum absolute atomic E-state index is 0.0247. The maximum absolute atomic E-state index is 12.3. The number of piperazine rings is 1. The molecule has 10 heteroatoms. The van der Waals surface area contributed by atoms with Gasteiger partial charge in [-0.2, -0.15) is 5.26 Å². The molecule has 3 fully saturated rings. The fourth-order valence-corrected chi connectivity index (χ4v) is 4.79. The Morgan fingerprint density at radius 2 is 1.77 bits per heavy atom. The van der Waals surface area contributed by atoms with E-state index in [1.807, 2.05) is 40.7 Å². The van der Waals surface area contributed by atoms with E-state index in [0.29, 0.717) is 49.0 Å². The maximum atomic E-state index is 12.3. The van der Waals surface area contributed by atoms with Gasteiger partial charge in [0.15, 0.2) is 0 Å². The first-order valence-electron chi connectivity index (χ1n) is 14.2. The maximum Gasteiger partial charge on any atom is 0.496 e. The van der Waals surface area contributed by atoms with E-state index in [9.17, 15) is 10.1 Å². The number of carbonyl (C=O) groups excluding carboxylic acids is 1. The molecule has 1 aliphatic carbocycles. The zero-order chi connectivity index (χ0) is 29.2. The van der Waals surface area contributed by atoms with Crippen molar-refractivity contribution in [2.75, 3.05) is 37.7 Å². The van der Waals surface area contributed by atoms with E-state index in [4.69, 9.17) is 24.5 Å². The van der Waals surface area contributed by atoms with Crippen molar-refractivity contribution in [3.8, 4) is 6.07 Å². The van der Waals surface area contributed by atoms with Crippen LogP contribution in [0.25, 0.3) is 0 Å². The second-order valence-corrected chi connectivity index (χ2v) is 13.2. The van der Waals surface area contributed by atoms with Crippen LogP contribution in [-0.4, -0.2) is 83.2 Å². The van der Waals surface area contributed by atoms with Gasteiger partial charge in [-0.15, -0.1) is 0 Å². The van der Waals surface area contributed by atoms with Gasteiger partial charge in [0, 0.05) is 55.8 Å². The molecule has 1 atom stereocenters. The minimum Gasteiger partial charge on any atom is -0.399 e. The standard InChI is InChI=1S/C23H33BN4O4.C6H14O/c1-15-14-27(9-10-28(15)19(30)8-11-29)21-17(13-25)12-18(20(26-21)16-6-7-16)24-31-22(2,3)23(4,5)32-24;1-6(2,3)4-5-7/h12,15-16,29H,6-11,14H2,1-5H3;7H,4-5H2,1-3H3/t15-;/m1./s1. The second kappa shape index (κ2) is 12.1. The monoisotopic (exact) mass is 542 g/mol. The fourth-order valence-electron chi connectivity index (χ4n) is 4.79. The average molecular weight is 543 g/mol. The van der Waals surface area contributed by atoms with Crippen LogP contribution in [0, 0.1) is 16.7 Å². The predicted molar refractivity (Wildman–Crippen MR) is 153 cm³/mol. The van der Waals surface area contributed by atoms with Gasteiger partial charge in [0.1, 0.15) is 11.9 Å². The highest BCUT2D eigenvalue weighted by Crippen LogP contribution is 2.42. The van der Waals surface area contributed by atoms with Gasteiger partial charge in [0.2, 0.25) is 5.91 Å². The molecule has 1 amide bonds. The predicted octanol–water partition coefficient (Wildman–Crippen LogP) is 2.96. The molecule has 3 heterocycles. The molecule has 1 saturated carbocycles. The third-order valence-corrected chi connectivity index (χ3v) is 8.09. The lowest BCUT2D eigenvalue weighted by Crippen LogP contribution is -2.54. The molecule has 2 aliphatic heterocycles. The van der Waals surface area contributed by atoms with Crippen LogP contribution in [0.2, 0.25) is 0 Å². The summed E-state index contributed by atoms with van der Waals surface area (Å²) in [5.74, 6) is 0.999. The first-order chi connectivity index (χ1) is 18.1. The molecule has 0 bridgehead atoms. The Kier molecular flexibility index (Phi) is 9.75. The van der Waals surface area contributed by atoms with Crippen LogP contribution in [0.5, 0.6) is 0 Å². The van der Waals surface area contributed by atoms with Gasteiger partial charge < -0.3 is 29.3 Å². The Labute approximate surface area is 234 Å². The molecule has 2 saturated heterocycles. The van der Waals surface area contributed by atoms with Crippen LogP contribution in [-0.2, 0) is 14.1 Å². The molecule has 216 valence electrons. The summed E-state index contributed by atoms with van der Waals surface area (Å²) in [5, 5.41) is 27.5. The third kappa shape index (κ3) is 7.52. The van der Waals surface area contributed by atoms with E-state index in [2.05, 4.69) is 31.7 Å². The lowest BCUT2D eigenvalue weighted by molar-refractivity contribution is -0.134. The van der Waals surface area contributed by atoms with Crippen LogP contribution < -0.4 is 10.4 Å². The number of hydrogen-bond acceptors (Lipinski definition) is 8. The first-order valence-corrected chi connectivity index (χ1v) is 14.2. The SMILES string of the molecule is CC(C)(C)CCO.C[C@@H]1CN(c2nc(C3CC3)c(B3OC(C)(C)C(C)(C)O3)cc2C#N)CCN1C(=O)CCO. The summed E-state index contributed by atoms with van der Waals surface area (Å²) in [5.41, 5.74) is 1.70. The Bertz CT molecular complexity index is 1040. The Morgan fingerprint density at radius 3 is 2.21 bits per heavy atom. The van der Waals surface area contributed by atoms with Crippen LogP contribution in [0.4, 0.5) is 5.82 Å². The molecule has 0 unspecified atom stereocenters. The minimum atomic E-state index is -0.545. The summed E-state index contributed by atoms with van der Waals surface area (Å²) in [6.07, 6.45) is 3.18. The fraction of sp³-hybridized carbons (Fsp3) is 0.759. The number of carbonyl (C=O) groups is 1. The normalized spacial score (nSPS) is 22.3. The van der Waals surface area contributed by atoms with Crippen molar-refractivity contribution in [3.63, 3.8) is 0 Å². The molecule has 4 rings (SSSR count). The summed E-state index contributed by atoms with van der Waals surface area (Å²) in [6.45, 7) is 18.3. The Morgan fingerprint density at radius 1 is 1.15 bits per heavy atom. The number of aliphatic hydroxyl groups is 2. The number of rotatable bonds is 6. The summed E-state index contributed by atoms with van der Waals surface area (Å²) in [6, 6.07) is 4.20. The van der Waals surface area contributed by atoms with E-state index >= 15 is 0 Å². The van der Waals surface area contributed by atoms with E-state index in [1.54, 1.807) is 4.90 Å². The summed E-state index contributed by atoms with van der Waals surface area (Å²) in [7, 11) is -0.545. The number of aliphatic hydroxyl groups excluding tert-OH is 2. The Hall–Kier alpha value is -2.19. The van der Waals surface area contributed by atoms with Gasteiger partial charge in [-0.1, -0.05) is 20.8 Å². The van der Waals surface area contributed by atoms with Crippen molar-refractivity contribution in [1.82, 2.24) is 9.88 Å². The summed E-state index contributed by atoms with van der Waals surface area (Å²) >= 11 is 0. The number of hydrogen-bond donors (Lipinski definition) is 2. The molecule has 2 N–H and O–H groups in total. The quantitative estimate of drug-likeness (QED) is 0.527. The molecular formula is C29H47BN4O5. The van der Waals surface area contributed by atoms with Crippen LogP contribution in [0.3, 0.4) is 0 Å². The van der Waals surface area contributed by atoms with Gasteiger partial charge >= 0.3 is 7.12 Å². The molecule has 0 radical (unpaired) electrons. The van der Waals surface area contributed by atoms with E-state index in [0.717, 1.165) is 30.4 Å². The molecule has 3 aliphatic rings. The zero-order valence-corrected chi connectivity index (χ0v) is 25.1. The summed E-state index contributed by atoms with van der Waals surface area (Å²) in [4.78, 5) is 21.2. The number of nitrogens with zero attached hydrogens (tertiary/aromatic N) is 4. The highest BCUT2D eigenvalue weighted by atomic mass is 16.7. The zero-order valence-electron chi connectivity index (χ0n) is 25.1. The molecule has 39 heavy (non-hydrogen) atoms. The van der Waals surface area contributed by atoms with Gasteiger partial charge in [-0.05, 0) is 65.4 Å².